The summed E-state index contributed by atoms with van der Waals surface area (Å²) in [7, 11) is 0. The summed E-state index contributed by atoms with van der Waals surface area (Å²) < 4.78 is 56.8. The van der Waals surface area contributed by atoms with Gasteiger partial charge in [-0.05, 0) is 41.8 Å². The number of alkyl halides is 3. The van der Waals surface area contributed by atoms with Crippen molar-refractivity contribution in [3.05, 3.63) is 93.2 Å². The number of benzene rings is 2. The van der Waals surface area contributed by atoms with Crippen molar-refractivity contribution in [1.82, 2.24) is 9.58 Å². The van der Waals surface area contributed by atoms with Crippen LogP contribution in [0.15, 0.2) is 64.4 Å². The Balaban J connectivity index is 1.79. The maximum atomic E-state index is 14.5. The van der Waals surface area contributed by atoms with Crippen LogP contribution in [-0.4, -0.2) is 39.5 Å². The zero-order valence-corrected chi connectivity index (χ0v) is 19.1. The molecule has 3 aromatic rings. The van der Waals surface area contributed by atoms with Gasteiger partial charge in [0, 0.05) is 22.9 Å². The van der Waals surface area contributed by atoms with Gasteiger partial charge < -0.3 is 10.0 Å². The van der Waals surface area contributed by atoms with Crippen molar-refractivity contribution >= 4 is 17.7 Å². The minimum atomic E-state index is -4.75. The van der Waals surface area contributed by atoms with E-state index >= 15 is 0 Å². The van der Waals surface area contributed by atoms with Crippen molar-refractivity contribution in [2.45, 2.75) is 35.8 Å². The molecule has 2 aliphatic rings. The van der Waals surface area contributed by atoms with Crippen LogP contribution in [0, 0.1) is 5.82 Å². The topological polar surface area (TPSA) is 65.8 Å². The van der Waals surface area contributed by atoms with Gasteiger partial charge in [-0.3, -0.25) is 19.3 Å². The standard InChI is InChI=1S/C24H19F4N3O3S/c1-13(24(26,27)28)29-12-31(30-9-8-18(32)22(33)21(30)23(29)34)20-16-4-2-3-5-19(16)35-11-14-6-7-15(25)10-17(14)20/h2-10,13,20,33H,11-12H2,1H3/t13-,20+/m1/s1. The lowest BCUT2D eigenvalue weighted by Gasteiger charge is -2.46. The molecule has 2 aliphatic heterocycles. The molecule has 0 spiro atoms. The van der Waals surface area contributed by atoms with E-state index in [4.69, 9.17) is 0 Å². The third kappa shape index (κ3) is 3.83. The Morgan fingerprint density at radius 2 is 1.83 bits per heavy atom. The van der Waals surface area contributed by atoms with Gasteiger partial charge in [-0.15, -0.1) is 11.8 Å². The van der Waals surface area contributed by atoms with E-state index in [1.54, 1.807) is 18.2 Å². The summed E-state index contributed by atoms with van der Waals surface area (Å²) in [5.41, 5.74) is 0.513. The Bertz CT molecular complexity index is 1390. The van der Waals surface area contributed by atoms with Crippen molar-refractivity contribution in [1.29, 1.82) is 0 Å². The van der Waals surface area contributed by atoms with Crippen LogP contribution in [-0.2, 0) is 5.75 Å². The number of rotatable bonds is 2. The molecule has 3 heterocycles. The quantitative estimate of drug-likeness (QED) is 0.524. The lowest BCUT2D eigenvalue weighted by atomic mass is 9.94. The van der Waals surface area contributed by atoms with E-state index in [-0.39, 0.29) is 0 Å². The van der Waals surface area contributed by atoms with E-state index in [1.807, 2.05) is 12.1 Å². The van der Waals surface area contributed by atoms with Gasteiger partial charge in [0.05, 0.1) is 6.04 Å². The molecule has 35 heavy (non-hydrogen) atoms. The van der Waals surface area contributed by atoms with Crippen LogP contribution in [0.1, 0.15) is 40.1 Å². The monoisotopic (exact) mass is 505 g/mol. The molecule has 0 saturated heterocycles. The maximum absolute atomic E-state index is 14.5. The van der Waals surface area contributed by atoms with Gasteiger partial charge in [0.15, 0.2) is 11.4 Å². The fourth-order valence-corrected chi connectivity index (χ4v) is 5.56. The molecule has 182 valence electrons. The van der Waals surface area contributed by atoms with Crippen LogP contribution in [0.2, 0.25) is 0 Å². The number of aromatic nitrogens is 1. The summed E-state index contributed by atoms with van der Waals surface area (Å²) in [4.78, 5) is 26.7. The summed E-state index contributed by atoms with van der Waals surface area (Å²) in [5, 5.41) is 11.9. The van der Waals surface area contributed by atoms with E-state index in [2.05, 4.69) is 0 Å². The number of nitrogens with zero attached hydrogens (tertiary/aromatic N) is 3. The molecule has 11 heteroatoms. The van der Waals surface area contributed by atoms with Gasteiger partial charge in [-0.25, -0.2) is 4.39 Å². The predicted octanol–water partition coefficient (Wildman–Crippen LogP) is 4.39. The molecule has 2 aromatic carbocycles. The van der Waals surface area contributed by atoms with E-state index in [9.17, 15) is 32.3 Å². The Labute approximate surface area is 201 Å². The van der Waals surface area contributed by atoms with Crippen LogP contribution in [0.3, 0.4) is 0 Å². The first kappa shape index (κ1) is 23.3. The van der Waals surface area contributed by atoms with Crippen molar-refractivity contribution in [3.8, 4) is 5.75 Å². The number of amides is 1. The number of aromatic hydroxyl groups is 1. The number of halogens is 4. The number of carbonyl (C=O) groups is 1. The largest absolute Gasteiger partial charge is 0.502 e. The fraction of sp³-hybridized carbons (Fsp3) is 0.250. The first-order valence-electron chi connectivity index (χ1n) is 10.7. The molecular weight excluding hydrogens is 486 g/mol. The van der Waals surface area contributed by atoms with Gasteiger partial charge in [0.1, 0.15) is 18.5 Å². The minimum Gasteiger partial charge on any atom is -0.502 e. The molecular formula is C24H19F4N3O3S. The Kier molecular flexibility index (Phi) is 5.54. The molecule has 1 amide bonds. The second kappa shape index (κ2) is 8.33. The van der Waals surface area contributed by atoms with Crippen LogP contribution in [0.4, 0.5) is 17.6 Å². The second-order valence-electron chi connectivity index (χ2n) is 8.37. The first-order valence-corrected chi connectivity index (χ1v) is 11.7. The molecule has 2 atom stereocenters. The molecule has 0 bridgehead atoms. The molecule has 1 aromatic heterocycles. The molecule has 0 fully saturated rings. The molecule has 0 aliphatic carbocycles. The SMILES string of the molecule is C[C@@H](N1CN([C@@H]2c3cc(F)ccc3CSc3ccccc32)n2ccc(=O)c(O)c2C1=O)C(F)(F)F. The molecule has 5 rings (SSSR count). The van der Waals surface area contributed by atoms with Crippen LogP contribution in [0.5, 0.6) is 5.75 Å². The Morgan fingerprint density at radius 3 is 2.57 bits per heavy atom. The number of fused-ring (bicyclic) bond motifs is 3. The van der Waals surface area contributed by atoms with Gasteiger partial charge in [-0.2, -0.15) is 13.2 Å². The highest BCUT2D eigenvalue weighted by atomic mass is 32.2. The predicted molar refractivity (Wildman–Crippen MR) is 121 cm³/mol. The van der Waals surface area contributed by atoms with E-state index in [0.29, 0.717) is 21.8 Å². The number of thioether (sulfide) groups is 1. The Hall–Kier alpha value is -3.47. The van der Waals surface area contributed by atoms with Crippen LogP contribution in [0.25, 0.3) is 0 Å². The van der Waals surface area contributed by atoms with Crippen molar-refractivity contribution in [3.63, 3.8) is 0 Å². The molecule has 0 radical (unpaired) electrons. The lowest BCUT2D eigenvalue weighted by molar-refractivity contribution is -0.173. The zero-order valence-electron chi connectivity index (χ0n) is 18.3. The summed E-state index contributed by atoms with van der Waals surface area (Å²) in [6, 6.07) is 9.55. The molecule has 0 saturated carbocycles. The minimum absolute atomic E-state index is 0.501. The van der Waals surface area contributed by atoms with Crippen molar-refractivity contribution in [2.24, 2.45) is 0 Å². The number of carbonyl (C=O) groups excluding carboxylic acids is 1. The van der Waals surface area contributed by atoms with Crippen LogP contribution < -0.4 is 10.4 Å². The summed E-state index contributed by atoms with van der Waals surface area (Å²) in [6.07, 6.45) is -3.51. The first-order chi connectivity index (χ1) is 16.6. The van der Waals surface area contributed by atoms with Gasteiger partial charge in [-0.1, -0.05) is 24.3 Å². The zero-order chi connectivity index (χ0) is 25.1. The van der Waals surface area contributed by atoms with Crippen LogP contribution >= 0.6 is 11.8 Å². The van der Waals surface area contributed by atoms with Crippen molar-refractivity contribution in [2.75, 3.05) is 11.7 Å². The average molecular weight is 505 g/mol. The lowest BCUT2D eigenvalue weighted by Crippen LogP contribution is -2.60. The molecule has 1 N–H and O–H groups in total. The highest BCUT2D eigenvalue weighted by molar-refractivity contribution is 7.98. The number of hydrogen-bond acceptors (Lipinski definition) is 5. The fourth-order valence-electron chi connectivity index (χ4n) is 4.47. The highest BCUT2D eigenvalue weighted by Gasteiger charge is 2.47. The number of hydrogen-bond donors (Lipinski definition) is 1. The third-order valence-electron chi connectivity index (χ3n) is 6.33. The van der Waals surface area contributed by atoms with Crippen molar-refractivity contribution < 1.29 is 27.5 Å². The van der Waals surface area contributed by atoms with Gasteiger partial charge in [0.25, 0.3) is 5.91 Å². The van der Waals surface area contributed by atoms with E-state index in [0.717, 1.165) is 23.4 Å². The highest BCUT2D eigenvalue weighted by Crippen LogP contribution is 2.43. The second-order valence-corrected chi connectivity index (χ2v) is 9.38. The normalized spacial score (nSPS) is 18.4. The van der Waals surface area contributed by atoms with E-state index in [1.165, 1.54) is 39.8 Å². The maximum Gasteiger partial charge on any atom is 0.408 e. The Morgan fingerprint density at radius 1 is 1.09 bits per heavy atom. The average Bonchev–Trinajstić information content (AvgIpc) is 2.97. The summed E-state index contributed by atoms with van der Waals surface area (Å²) in [6.45, 7) is 0.322. The summed E-state index contributed by atoms with van der Waals surface area (Å²) >= 11 is 1.51. The molecule has 6 nitrogen and oxygen atoms in total. The molecule has 0 unspecified atom stereocenters. The summed E-state index contributed by atoms with van der Waals surface area (Å²) in [5.74, 6) is -2.09. The van der Waals surface area contributed by atoms with Gasteiger partial charge in [0.2, 0.25) is 5.43 Å². The number of pyridine rings is 1. The van der Waals surface area contributed by atoms with Gasteiger partial charge >= 0.3 is 6.18 Å². The van der Waals surface area contributed by atoms with E-state index < -0.39 is 53.5 Å². The smallest absolute Gasteiger partial charge is 0.408 e. The third-order valence-corrected chi connectivity index (χ3v) is 7.47.